The molecule has 1 aliphatic carbocycles. The quantitative estimate of drug-likeness (QED) is 0.683. The highest BCUT2D eigenvalue weighted by Crippen LogP contribution is 2.28. The molecule has 2 fully saturated rings. The van der Waals surface area contributed by atoms with Crippen molar-refractivity contribution in [2.45, 2.75) is 51.0 Å². The van der Waals surface area contributed by atoms with Crippen LogP contribution in [0.5, 0.6) is 0 Å². The molecule has 1 heterocycles. The van der Waals surface area contributed by atoms with E-state index in [0.29, 0.717) is 6.10 Å². The Kier molecular flexibility index (Phi) is 4.26. The van der Waals surface area contributed by atoms with Gasteiger partial charge in [0, 0.05) is 13.2 Å². The molecule has 0 aromatic rings. The van der Waals surface area contributed by atoms with E-state index in [1.54, 1.807) is 0 Å². The van der Waals surface area contributed by atoms with Crippen LogP contribution >= 0.6 is 0 Å². The molecule has 2 heteroatoms. The molecule has 0 radical (unpaired) electrons. The van der Waals surface area contributed by atoms with Gasteiger partial charge in [-0.1, -0.05) is 19.3 Å². The summed E-state index contributed by atoms with van der Waals surface area (Å²) >= 11 is 0. The summed E-state index contributed by atoms with van der Waals surface area (Å²) in [4.78, 5) is 0. The first kappa shape index (κ1) is 10.4. The highest BCUT2D eigenvalue weighted by Gasteiger charge is 2.17. The molecule has 82 valence electrons. The molecule has 2 nitrogen and oxygen atoms in total. The second-order valence-corrected chi connectivity index (χ2v) is 4.78. The van der Waals surface area contributed by atoms with Crippen molar-refractivity contribution in [3.8, 4) is 0 Å². The first-order valence-electron chi connectivity index (χ1n) is 6.27. The van der Waals surface area contributed by atoms with E-state index in [1.165, 1.54) is 51.5 Å². The molecule has 1 saturated carbocycles. The van der Waals surface area contributed by atoms with Crippen molar-refractivity contribution in [2.24, 2.45) is 5.92 Å². The van der Waals surface area contributed by atoms with Crippen molar-refractivity contribution < 1.29 is 4.74 Å². The lowest BCUT2D eigenvalue weighted by Gasteiger charge is -2.26. The van der Waals surface area contributed by atoms with Gasteiger partial charge >= 0.3 is 0 Å². The number of rotatable bonds is 5. The Labute approximate surface area is 87.4 Å². The fourth-order valence-corrected chi connectivity index (χ4v) is 2.32. The summed E-state index contributed by atoms with van der Waals surface area (Å²) in [6.45, 7) is 3.26. The number of nitrogens with one attached hydrogen (secondary N) is 1. The van der Waals surface area contributed by atoms with Gasteiger partial charge in [0.15, 0.2) is 0 Å². The SMILES string of the molecule is C1CCC(CNCCC2CCC2)OC1. The summed E-state index contributed by atoms with van der Waals surface area (Å²) in [6.07, 6.45) is 10.2. The van der Waals surface area contributed by atoms with Crippen molar-refractivity contribution in [2.75, 3.05) is 19.7 Å². The van der Waals surface area contributed by atoms with Crippen molar-refractivity contribution in [3.63, 3.8) is 0 Å². The van der Waals surface area contributed by atoms with E-state index in [9.17, 15) is 0 Å². The second-order valence-electron chi connectivity index (χ2n) is 4.78. The van der Waals surface area contributed by atoms with Gasteiger partial charge in [-0.25, -0.2) is 0 Å². The molecule has 0 aromatic heterocycles. The van der Waals surface area contributed by atoms with E-state index >= 15 is 0 Å². The van der Waals surface area contributed by atoms with Crippen LogP contribution in [-0.2, 0) is 4.74 Å². The normalized spacial score (nSPS) is 28.7. The minimum atomic E-state index is 0.505. The van der Waals surface area contributed by atoms with Crippen molar-refractivity contribution >= 4 is 0 Å². The van der Waals surface area contributed by atoms with Crippen LogP contribution in [0.15, 0.2) is 0 Å². The van der Waals surface area contributed by atoms with Crippen LogP contribution in [-0.4, -0.2) is 25.8 Å². The van der Waals surface area contributed by atoms with Crippen LogP contribution in [0.4, 0.5) is 0 Å². The molecular weight excluding hydrogens is 174 g/mol. The molecular formula is C12H23NO. The molecule has 0 amide bonds. The van der Waals surface area contributed by atoms with Crippen LogP contribution in [0.3, 0.4) is 0 Å². The maximum absolute atomic E-state index is 5.66. The van der Waals surface area contributed by atoms with Gasteiger partial charge in [0.05, 0.1) is 6.10 Å². The van der Waals surface area contributed by atoms with Gasteiger partial charge in [-0.15, -0.1) is 0 Å². The third kappa shape index (κ3) is 3.25. The zero-order valence-corrected chi connectivity index (χ0v) is 9.13. The Morgan fingerprint density at radius 2 is 2.00 bits per heavy atom. The first-order valence-corrected chi connectivity index (χ1v) is 6.27. The Bertz CT molecular complexity index is 150. The van der Waals surface area contributed by atoms with Gasteiger partial charge in [0.1, 0.15) is 0 Å². The molecule has 1 N–H and O–H groups in total. The smallest absolute Gasteiger partial charge is 0.0699 e. The van der Waals surface area contributed by atoms with E-state index in [-0.39, 0.29) is 0 Å². The second kappa shape index (κ2) is 5.72. The average Bonchev–Trinajstić information content (AvgIpc) is 2.16. The summed E-state index contributed by atoms with van der Waals surface area (Å²) in [5.74, 6) is 1.04. The van der Waals surface area contributed by atoms with Crippen molar-refractivity contribution in [3.05, 3.63) is 0 Å². The summed E-state index contributed by atoms with van der Waals surface area (Å²) < 4.78 is 5.66. The number of hydrogen-bond donors (Lipinski definition) is 1. The molecule has 1 atom stereocenters. The standard InChI is InChI=1S/C12H23NO/c1-2-9-14-12(6-1)10-13-8-7-11-4-3-5-11/h11-13H,1-10H2. The highest BCUT2D eigenvalue weighted by molar-refractivity contribution is 4.71. The fourth-order valence-electron chi connectivity index (χ4n) is 2.32. The Balaban J connectivity index is 1.45. The average molecular weight is 197 g/mol. The van der Waals surface area contributed by atoms with Crippen LogP contribution in [0.1, 0.15) is 44.9 Å². The molecule has 14 heavy (non-hydrogen) atoms. The lowest BCUT2D eigenvalue weighted by molar-refractivity contribution is 0.0167. The summed E-state index contributed by atoms with van der Waals surface area (Å²) in [5.41, 5.74) is 0. The maximum Gasteiger partial charge on any atom is 0.0699 e. The third-order valence-electron chi connectivity index (χ3n) is 3.60. The predicted molar refractivity (Wildman–Crippen MR) is 58.4 cm³/mol. The van der Waals surface area contributed by atoms with E-state index in [2.05, 4.69) is 5.32 Å². The lowest BCUT2D eigenvalue weighted by atomic mass is 9.83. The topological polar surface area (TPSA) is 21.3 Å². The third-order valence-corrected chi connectivity index (χ3v) is 3.60. The largest absolute Gasteiger partial charge is 0.377 e. The number of hydrogen-bond acceptors (Lipinski definition) is 2. The maximum atomic E-state index is 5.66. The zero-order valence-electron chi connectivity index (χ0n) is 9.13. The summed E-state index contributed by atoms with van der Waals surface area (Å²) in [6, 6.07) is 0. The lowest BCUT2D eigenvalue weighted by Crippen LogP contribution is -2.33. The van der Waals surface area contributed by atoms with Gasteiger partial charge in [-0.3, -0.25) is 0 Å². The Morgan fingerprint density at radius 1 is 1.07 bits per heavy atom. The van der Waals surface area contributed by atoms with Crippen LogP contribution in [0, 0.1) is 5.92 Å². The van der Waals surface area contributed by atoms with Gasteiger partial charge < -0.3 is 10.1 Å². The minimum Gasteiger partial charge on any atom is -0.377 e. The number of ether oxygens (including phenoxy) is 1. The zero-order chi connectivity index (χ0) is 9.64. The van der Waals surface area contributed by atoms with E-state index < -0.39 is 0 Å². The van der Waals surface area contributed by atoms with Crippen LogP contribution in [0.2, 0.25) is 0 Å². The minimum absolute atomic E-state index is 0.505. The molecule has 0 spiro atoms. The molecule has 2 aliphatic rings. The van der Waals surface area contributed by atoms with Crippen LogP contribution < -0.4 is 5.32 Å². The Hall–Kier alpha value is -0.0800. The van der Waals surface area contributed by atoms with Crippen molar-refractivity contribution in [1.82, 2.24) is 5.32 Å². The highest BCUT2D eigenvalue weighted by atomic mass is 16.5. The van der Waals surface area contributed by atoms with Gasteiger partial charge in [-0.05, 0) is 38.1 Å². The van der Waals surface area contributed by atoms with Crippen LogP contribution in [0.25, 0.3) is 0 Å². The summed E-state index contributed by atoms with van der Waals surface area (Å²) in [7, 11) is 0. The predicted octanol–water partition coefficient (Wildman–Crippen LogP) is 2.34. The van der Waals surface area contributed by atoms with E-state index in [0.717, 1.165) is 19.1 Å². The van der Waals surface area contributed by atoms with Gasteiger partial charge in [0.25, 0.3) is 0 Å². The molecule has 0 bridgehead atoms. The molecule has 1 saturated heterocycles. The summed E-state index contributed by atoms with van der Waals surface area (Å²) in [5, 5.41) is 3.53. The monoisotopic (exact) mass is 197 g/mol. The molecule has 1 unspecified atom stereocenters. The van der Waals surface area contributed by atoms with Gasteiger partial charge in [0.2, 0.25) is 0 Å². The fraction of sp³-hybridized carbons (Fsp3) is 1.00. The van der Waals surface area contributed by atoms with Crippen molar-refractivity contribution in [1.29, 1.82) is 0 Å². The Morgan fingerprint density at radius 3 is 2.64 bits per heavy atom. The molecule has 1 aliphatic heterocycles. The first-order chi connectivity index (χ1) is 6.95. The van der Waals surface area contributed by atoms with E-state index in [4.69, 9.17) is 4.74 Å². The van der Waals surface area contributed by atoms with E-state index in [1.807, 2.05) is 0 Å². The molecule has 0 aromatic carbocycles. The molecule has 2 rings (SSSR count). The van der Waals surface area contributed by atoms with Gasteiger partial charge in [-0.2, -0.15) is 0 Å².